The average molecular weight is 270 g/mol. The van der Waals surface area contributed by atoms with Gasteiger partial charge in [-0.1, -0.05) is 32.4 Å². The SMILES string of the molecule is CCC(C)(C)CNC(=O)c1nc(NC)ccc1Cl. The number of rotatable bonds is 5. The van der Waals surface area contributed by atoms with Crippen molar-refractivity contribution < 1.29 is 4.79 Å². The fourth-order valence-electron chi connectivity index (χ4n) is 1.27. The van der Waals surface area contributed by atoms with Gasteiger partial charge in [0.05, 0.1) is 5.02 Å². The van der Waals surface area contributed by atoms with E-state index in [2.05, 4.69) is 36.4 Å². The molecule has 4 nitrogen and oxygen atoms in total. The van der Waals surface area contributed by atoms with Crippen LogP contribution in [-0.2, 0) is 0 Å². The minimum absolute atomic E-state index is 0.0722. The molecular formula is C13H20ClN3O. The van der Waals surface area contributed by atoms with Gasteiger partial charge in [-0.05, 0) is 24.0 Å². The highest BCUT2D eigenvalue weighted by Crippen LogP contribution is 2.19. The number of anilines is 1. The molecule has 0 spiro atoms. The Bertz CT molecular complexity index is 432. The standard InChI is InChI=1S/C13H20ClN3O/c1-5-13(2,3)8-16-12(18)11-9(14)6-7-10(15-4)17-11/h6-7H,5,8H2,1-4H3,(H,15,17)(H,16,18). The van der Waals surface area contributed by atoms with E-state index in [9.17, 15) is 4.79 Å². The Balaban J connectivity index is 2.78. The third-order valence-electron chi connectivity index (χ3n) is 3.00. The second kappa shape index (κ2) is 6.05. The highest BCUT2D eigenvalue weighted by atomic mass is 35.5. The Labute approximate surface area is 113 Å². The summed E-state index contributed by atoms with van der Waals surface area (Å²) >= 11 is 5.98. The van der Waals surface area contributed by atoms with Crippen molar-refractivity contribution in [1.29, 1.82) is 0 Å². The molecule has 0 aliphatic carbocycles. The summed E-state index contributed by atoms with van der Waals surface area (Å²) in [4.78, 5) is 16.2. The molecule has 1 amide bonds. The molecule has 18 heavy (non-hydrogen) atoms. The molecule has 2 N–H and O–H groups in total. The summed E-state index contributed by atoms with van der Waals surface area (Å²) in [6, 6.07) is 3.40. The largest absolute Gasteiger partial charge is 0.373 e. The molecule has 0 atom stereocenters. The lowest BCUT2D eigenvalue weighted by molar-refractivity contribution is 0.0931. The van der Waals surface area contributed by atoms with Gasteiger partial charge < -0.3 is 10.6 Å². The van der Waals surface area contributed by atoms with Crippen LogP contribution in [-0.4, -0.2) is 24.5 Å². The monoisotopic (exact) mass is 269 g/mol. The molecule has 0 aromatic carbocycles. The molecule has 0 saturated carbocycles. The number of pyridine rings is 1. The van der Waals surface area contributed by atoms with Gasteiger partial charge in [0.1, 0.15) is 11.5 Å². The topological polar surface area (TPSA) is 54.0 Å². The molecule has 1 heterocycles. The molecule has 5 heteroatoms. The van der Waals surface area contributed by atoms with E-state index < -0.39 is 0 Å². The van der Waals surface area contributed by atoms with Gasteiger partial charge in [0.15, 0.2) is 0 Å². The maximum Gasteiger partial charge on any atom is 0.271 e. The van der Waals surface area contributed by atoms with Crippen LogP contribution in [0.25, 0.3) is 0 Å². The predicted molar refractivity (Wildman–Crippen MR) is 75.2 cm³/mol. The number of aromatic nitrogens is 1. The van der Waals surface area contributed by atoms with Gasteiger partial charge in [0.25, 0.3) is 5.91 Å². The van der Waals surface area contributed by atoms with E-state index in [0.29, 0.717) is 17.4 Å². The summed E-state index contributed by atoms with van der Waals surface area (Å²) in [5, 5.41) is 6.11. The van der Waals surface area contributed by atoms with Crippen LogP contribution in [0.15, 0.2) is 12.1 Å². The van der Waals surface area contributed by atoms with Crippen LogP contribution in [0.1, 0.15) is 37.7 Å². The Kier molecular flexibility index (Phi) is 4.96. The third kappa shape index (κ3) is 3.88. The molecule has 100 valence electrons. The van der Waals surface area contributed by atoms with Crippen LogP contribution in [0.3, 0.4) is 0 Å². The van der Waals surface area contributed by atoms with Gasteiger partial charge in [-0.2, -0.15) is 0 Å². The van der Waals surface area contributed by atoms with E-state index in [1.807, 2.05) is 0 Å². The van der Waals surface area contributed by atoms with Crippen molar-refractivity contribution in [3.8, 4) is 0 Å². The van der Waals surface area contributed by atoms with E-state index in [1.54, 1.807) is 19.2 Å². The summed E-state index contributed by atoms with van der Waals surface area (Å²) in [7, 11) is 1.75. The molecule has 1 rings (SSSR count). The first-order valence-electron chi connectivity index (χ1n) is 6.02. The smallest absolute Gasteiger partial charge is 0.271 e. The lowest BCUT2D eigenvalue weighted by Crippen LogP contribution is -2.34. The van der Waals surface area contributed by atoms with E-state index >= 15 is 0 Å². The Hall–Kier alpha value is -1.29. The maximum absolute atomic E-state index is 12.0. The first-order valence-corrected chi connectivity index (χ1v) is 6.40. The second-order valence-electron chi connectivity index (χ2n) is 4.98. The molecule has 0 unspecified atom stereocenters. The number of hydrogen-bond donors (Lipinski definition) is 2. The number of carbonyl (C=O) groups is 1. The van der Waals surface area contributed by atoms with Crippen LogP contribution in [0.4, 0.5) is 5.82 Å². The second-order valence-corrected chi connectivity index (χ2v) is 5.38. The van der Waals surface area contributed by atoms with Crippen molar-refractivity contribution in [1.82, 2.24) is 10.3 Å². The van der Waals surface area contributed by atoms with E-state index in [4.69, 9.17) is 11.6 Å². The minimum atomic E-state index is -0.237. The van der Waals surface area contributed by atoms with Gasteiger partial charge in [-0.15, -0.1) is 0 Å². The van der Waals surface area contributed by atoms with Crippen LogP contribution in [0, 0.1) is 5.41 Å². The first-order chi connectivity index (χ1) is 8.39. The zero-order chi connectivity index (χ0) is 13.8. The Morgan fingerprint density at radius 3 is 2.67 bits per heavy atom. The summed E-state index contributed by atoms with van der Waals surface area (Å²) in [6.07, 6.45) is 0.991. The van der Waals surface area contributed by atoms with Gasteiger partial charge in [0.2, 0.25) is 0 Å². The predicted octanol–water partition coefficient (Wildman–Crippen LogP) is 2.94. The Morgan fingerprint density at radius 1 is 1.44 bits per heavy atom. The van der Waals surface area contributed by atoms with Crippen molar-refractivity contribution in [2.75, 3.05) is 18.9 Å². The molecule has 1 aromatic heterocycles. The summed E-state index contributed by atoms with van der Waals surface area (Å²) in [5.41, 5.74) is 0.332. The normalized spacial score (nSPS) is 11.2. The molecule has 0 fully saturated rings. The lowest BCUT2D eigenvalue weighted by Gasteiger charge is -2.22. The molecule has 0 aliphatic rings. The van der Waals surface area contributed by atoms with Crippen LogP contribution in [0.5, 0.6) is 0 Å². The number of carbonyl (C=O) groups excluding carboxylic acids is 1. The van der Waals surface area contributed by atoms with Crippen LogP contribution < -0.4 is 10.6 Å². The minimum Gasteiger partial charge on any atom is -0.373 e. The number of hydrogen-bond acceptors (Lipinski definition) is 3. The molecule has 0 bridgehead atoms. The fourth-order valence-corrected chi connectivity index (χ4v) is 1.46. The molecular weight excluding hydrogens is 250 g/mol. The van der Waals surface area contributed by atoms with Crippen LogP contribution >= 0.6 is 11.6 Å². The highest BCUT2D eigenvalue weighted by molar-refractivity contribution is 6.33. The van der Waals surface area contributed by atoms with Gasteiger partial charge >= 0.3 is 0 Å². The van der Waals surface area contributed by atoms with Crippen molar-refractivity contribution in [2.45, 2.75) is 27.2 Å². The van der Waals surface area contributed by atoms with Crippen molar-refractivity contribution in [3.63, 3.8) is 0 Å². The van der Waals surface area contributed by atoms with Gasteiger partial charge in [0, 0.05) is 13.6 Å². The number of amides is 1. The highest BCUT2D eigenvalue weighted by Gasteiger charge is 2.19. The summed E-state index contributed by atoms with van der Waals surface area (Å²) in [5.74, 6) is 0.387. The summed E-state index contributed by atoms with van der Waals surface area (Å²) in [6.45, 7) is 6.90. The van der Waals surface area contributed by atoms with Gasteiger partial charge in [-0.25, -0.2) is 4.98 Å². The molecule has 0 saturated heterocycles. The lowest BCUT2D eigenvalue weighted by atomic mass is 9.90. The number of nitrogens with one attached hydrogen (secondary N) is 2. The zero-order valence-electron chi connectivity index (χ0n) is 11.3. The average Bonchev–Trinajstić information content (AvgIpc) is 2.36. The zero-order valence-corrected chi connectivity index (χ0v) is 12.1. The number of halogens is 1. The summed E-state index contributed by atoms with van der Waals surface area (Å²) < 4.78 is 0. The van der Waals surface area contributed by atoms with E-state index in [-0.39, 0.29) is 17.0 Å². The van der Waals surface area contributed by atoms with E-state index in [1.165, 1.54) is 0 Å². The Morgan fingerprint density at radius 2 is 2.11 bits per heavy atom. The maximum atomic E-state index is 12.0. The van der Waals surface area contributed by atoms with Crippen LogP contribution in [0.2, 0.25) is 5.02 Å². The number of nitrogens with zero attached hydrogens (tertiary/aromatic N) is 1. The first kappa shape index (κ1) is 14.8. The molecule has 0 aliphatic heterocycles. The third-order valence-corrected chi connectivity index (χ3v) is 3.31. The van der Waals surface area contributed by atoms with Gasteiger partial charge in [-0.3, -0.25) is 4.79 Å². The quantitative estimate of drug-likeness (QED) is 0.864. The van der Waals surface area contributed by atoms with Crippen molar-refractivity contribution in [2.24, 2.45) is 5.41 Å². The van der Waals surface area contributed by atoms with Crippen molar-refractivity contribution in [3.05, 3.63) is 22.8 Å². The fraction of sp³-hybridized carbons (Fsp3) is 0.538. The molecule has 1 aromatic rings. The van der Waals surface area contributed by atoms with Crippen molar-refractivity contribution >= 4 is 23.3 Å². The molecule has 0 radical (unpaired) electrons. The van der Waals surface area contributed by atoms with E-state index in [0.717, 1.165) is 6.42 Å².